The summed E-state index contributed by atoms with van der Waals surface area (Å²) < 4.78 is 0. The van der Waals surface area contributed by atoms with Crippen molar-refractivity contribution in [2.45, 2.75) is 64.6 Å². The van der Waals surface area contributed by atoms with Crippen LogP contribution in [0.5, 0.6) is 0 Å². The van der Waals surface area contributed by atoms with Crippen LogP contribution >= 0.6 is 0 Å². The molecule has 1 N–H and O–H groups in total. The Bertz CT molecular complexity index is 845. The monoisotopic (exact) mass is 333 g/mol. The van der Waals surface area contributed by atoms with Crippen molar-refractivity contribution in [1.29, 1.82) is 0 Å². The van der Waals surface area contributed by atoms with Gasteiger partial charge in [0.05, 0.1) is 17.4 Å². The Kier molecular flexibility index (Phi) is 3.62. The van der Waals surface area contributed by atoms with Crippen molar-refractivity contribution in [2.24, 2.45) is 4.99 Å². The first-order valence-corrected chi connectivity index (χ1v) is 9.18. The van der Waals surface area contributed by atoms with E-state index in [1.807, 2.05) is 12.3 Å². The predicted octanol–water partition coefficient (Wildman–Crippen LogP) is 4.52. The van der Waals surface area contributed by atoms with Crippen LogP contribution in [0.1, 0.15) is 57.2 Å². The third-order valence-electron chi connectivity index (χ3n) is 5.23. The van der Waals surface area contributed by atoms with Crippen molar-refractivity contribution in [3.63, 3.8) is 0 Å². The molecule has 1 aromatic heterocycles. The molecule has 1 aliphatic carbocycles. The lowest BCUT2D eigenvalue weighted by Gasteiger charge is -2.45. The van der Waals surface area contributed by atoms with E-state index in [-0.39, 0.29) is 11.1 Å². The molecule has 0 spiro atoms. The second kappa shape index (κ2) is 5.50. The van der Waals surface area contributed by atoms with Crippen LogP contribution in [0.4, 0.5) is 0 Å². The highest BCUT2D eigenvalue weighted by Gasteiger charge is 2.38. The van der Waals surface area contributed by atoms with Gasteiger partial charge in [0.25, 0.3) is 0 Å². The molecule has 0 saturated carbocycles. The lowest BCUT2D eigenvalue weighted by Crippen LogP contribution is -2.58. The number of fused-ring (bicyclic) bond motifs is 3. The third-order valence-corrected chi connectivity index (χ3v) is 5.23. The Hall–Kier alpha value is -2.00. The van der Waals surface area contributed by atoms with E-state index in [0.717, 1.165) is 24.2 Å². The lowest BCUT2D eigenvalue weighted by atomic mass is 9.80. The maximum atomic E-state index is 5.29. The molecule has 0 amide bonds. The van der Waals surface area contributed by atoms with Crippen LogP contribution in [0.25, 0.3) is 11.3 Å². The van der Waals surface area contributed by atoms with E-state index in [9.17, 15) is 0 Å². The summed E-state index contributed by atoms with van der Waals surface area (Å²) in [6.45, 7) is 11.3. The number of piperidine rings is 1. The van der Waals surface area contributed by atoms with Gasteiger partial charge in [-0.2, -0.15) is 0 Å². The van der Waals surface area contributed by atoms with Gasteiger partial charge in [0.1, 0.15) is 0 Å². The predicted molar refractivity (Wildman–Crippen MR) is 104 cm³/mol. The first kappa shape index (κ1) is 16.5. The zero-order valence-electron chi connectivity index (χ0n) is 15.9. The fraction of sp³-hybridized carbons (Fsp3) is 0.455. The molecule has 0 radical (unpaired) electrons. The SMILES string of the molecule is Cc1ccc2c(c1)C(=NC1CC(C)(C)NC(C)(C)C1)c1cccnc1-2. The van der Waals surface area contributed by atoms with Crippen LogP contribution in [-0.4, -0.2) is 27.8 Å². The van der Waals surface area contributed by atoms with Crippen LogP contribution in [0, 0.1) is 6.92 Å². The van der Waals surface area contributed by atoms with E-state index in [0.29, 0.717) is 6.04 Å². The quantitative estimate of drug-likeness (QED) is 0.711. The molecule has 2 aromatic rings. The second-order valence-electron chi connectivity index (χ2n) is 8.88. The smallest absolute Gasteiger partial charge is 0.0802 e. The molecule has 1 aromatic carbocycles. The van der Waals surface area contributed by atoms with E-state index in [1.54, 1.807) is 0 Å². The highest BCUT2D eigenvalue weighted by Crippen LogP contribution is 2.38. The number of aliphatic imine (C=N–C) groups is 1. The number of hydrogen-bond acceptors (Lipinski definition) is 3. The zero-order valence-corrected chi connectivity index (χ0v) is 15.9. The Morgan fingerprint density at radius 1 is 1.00 bits per heavy atom. The van der Waals surface area contributed by atoms with Gasteiger partial charge in [-0.3, -0.25) is 9.98 Å². The molecule has 25 heavy (non-hydrogen) atoms. The summed E-state index contributed by atoms with van der Waals surface area (Å²) in [5.41, 5.74) is 7.30. The van der Waals surface area contributed by atoms with Crippen LogP contribution in [0.15, 0.2) is 41.5 Å². The molecular formula is C22H27N3. The van der Waals surface area contributed by atoms with Gasteiger partial charge in [-0.25, -0.2) is 0 Å². The number of nitrogens with one attached hydrogen (secondary N) is 1. The number of pyridine rings is 1. The number of rotatable bonds is 1. The van der Waals surface area contributed by atoms with Gasteiger partial charge in [-0.05, 0) is 65.7 Å². The van der Waals surface area contributed by atoms with Crippen molar-refractivity contribution >= 4 is 5.71 Å². The van der Waals surface area contributed by atoms with Gasteiger partial charge < -0.3 is 5.32 Å². The van der Waals surface area contributed by atoms with Crippen LogP contribution < -0.4 is 5.32 Å². The Morgan fingerprint density at radius 2 is 1.72 bits per heavy atom. The second-order valence-corrected chi connectivity index (χ2v) is 8.88. The van der Waals surface area contributed by atoms with Crippen LogP contribution in [-0.2, 0) is 0 Å². The molecule has 1 fully saturated rings. The molecule has 3 nitrogen and oxygen atoms in total. The first-order valence-electron chi connectivity index (χ1n) is 9.18. The first-order chi connectivity index (χ1) is 11.7. The highest BCUT2D eigenvalue weighted by atomic mass is 15.1. The van der Waals surface area contributed by atoms with Crippen molar-refractivity contribution in [2.75, 3.05) is 0 Å². The molecule has 0 unspecified atom stereocenters. The number of hydrogen-bond donors (Lipinski definition) is 1. The van der Waals surface area contributed by atoms with Crippen molar-refractivity contribution in [1.82, 2.24) is 10.3 Å². The van der Waals surface area contributed by atoms with E-state index < -0.39 is 0 Å². The molecule has 0 atom stereocenters. The number of aromatic nitrogens is 1. The maximum Gasteiger partial charge on any atom is 0.0802 e. The van der Waals surface area contributed by atoms with Crippen molar-refractivity contribution in [3.8, 4) is 11.3 Å². The zero-order chi connectivity index (χ0) is 17.8. The van der Waals surface area contributed by atoms with Gasteiger partial charge >= 0.3 is 0 Å². The summed E-state index contributed by atoms with van der Waals surface area (Å²) in [5.74, 6) is 0. The lowest BCUT2D eigenvalue weighted by molar-refractivity contribution is 0.164. The molecular weight excluding hydrogens is 306 g/mol. The molecule has 130 valence electrons. The van der Waals surface area contributed by atoms with E-state index in [2.05, 4.69) is 69.2 Å². The number of aryl methyl sites for hydroxylation is 1. The standard InChI is InChI=1S/C22H27N3/c1-14-8-9-16-18(11-14)20(17-7-6-10-23-19(16)17)24-15-12-21(2,3)25-22(4,5)13-15/h6-11,15,25H,12-13H2,1-5H3. The minimum Gasteiger partial charge on any atom is -0.307 e. The van der Waals surface area contributed by atoms with Gasteiger partial charge in [0.15, 0.2) is 0 Å². The average Bonchev–Trinajstić information content (AvgIpc) is 2.78. The minimum atomic E-state index is 0.0995. The topological polar surface area (TPSA) is 37.3 Å². The summed E-state index contributed by atoms with van der Waals surface area (Å²) in [4.78, 5) is 9.92. The van der Waals surface area contributed by atoms with E-state index >= 15 is 0 Å². The van der Waals surface area contributed by atoms with Crippen LogP contribution in [0.3, 0.4) is 0 Å². The summed E-state index contributed by atoms with van der Waals surface area (Å²) >= 11 is 0. The van der Waals surface area contributed by atoms with Gasteiger partial charge in [-0.15, -0.1) is 0 Å². The van der Waals surface area contributed by atoms with Gasteiger partial charge in [0.2, 0.25) is 0 Å². The molecule has 2 heterocycles. The van der Waals surface area contributed by atoms with E-state index in [4.69, 9.17) is 4.99 Å². The summed E-state index contributed by atoms with van der Waals surface area (Å²) in [6.07, 6.45) is 3.98. The normalized spacial score (nSPS) is 22.7. The molecule has 1 saturated heterocycles. The third kappa shape index (κ3) is 3.02. The highest BCUT2D eigenvalue weighted by molar-refractivity contribution is 6.24. The number of benzene rings is 1. The van der Waals surface area contributed by atoms with Crippen molar-refractivity contribution < 1.29 is 0 Å². The molecule has 4 rings (SSSR count). The molecule has 1 aliphatic heterocycles. The fourth-order valence-electron chi connectivity index (χ4n) is 4.70. The minimum absolute atomic E-state index is 0.0995. The molecule has 0 bridgehead atoms. The Morgan fingerprint density at radius 3 is 2.44 bits per heavy atom. The Balaban J connectivity index is 1.82. The fourth-order valence-corrected chi connectivity index (χ4v) is 4.70. The van der Waals surface area contributed by atoms with E-state index in [1.165, 1.54) is 22.3 Å². The van der Waals surface area contributed by atoms with Gasteiger partial charge in [0, 0.05) is 34.0 Å². The average molecular weight is 333 g/mol. The molecule has 2 aliphatic rings. The molecule has 3 heteroatoms. The summed E-state index contributed by atoms with van der Waals surface area (Å²) in [7, 11) is 0. The van der Waals surface area contributed by atoms with Gasteiger partial charge in [-0.1, -0.05) is 17.7 Å². The Labute approximate surface area is 150 Å². The summed E-state index contributed by atoms with van der Waals surface area (Å²) in [5, 5.41) is 3.75. The van der Waals surface area contributed by atoms with Crippen LogP contribution in [0.2, 0.25) is 0 Å². The number of nitrogens with zero attached hydrogens (tertiary/aromatic N) is 2. The largest absolute Gasteiger partial charge is 0.307 e. The summed E-state index contributed by atoms with van der Waals surface area (Å²) in [6, 6.07) is 11.1. The van der Waals surface area contributed by atoms with Crippen molar-refractivity contribution in [3.05, 3.63) is 53.2 Å². The maximum absolute atomic E-state index is 5.29.